The smallest absolute Gasteiger partial charge is 0.220 e. The topological polar surface area (TPSA) is 74.1 Å². The highest BCUT2D eigenvalue weighted by molar-refractivity contribution is 5.76. The van der Waals surface area contributed by atoms with Crippen molar-refractivity contribution in [2.24, 2.45) is 0 Å². The van der Waals surface area contributed by atoms with Crippen molar-refractivity contribution in [1.82, 2.24) is 10.6 Å². The van der Waals surface area contributed by atoms with Gasteiger partial charge < -0.3 is 15.4 Å². The van der Waals surface area contributed by atoms with E-state index in [4.69, 9.17) is 10.00 Å². The maximum Gasteiger partial charge on any atom is 0.220 e. The Balaban J connectivity index is 1.59. The summed E-state index contributed by atoms with van der Waals surface area (Å²) in [6, 6.07) is 10.1. The van der Waals surface area contributed by atoms with E-state index in [1.807, 2.05) is 30.3 Å². The molecule has 0 heterocycles. The lowest BCUT2D eigenvalue weighted by Crippen LogP contribution is -2.26. The van der Waals surface area contributed by atoms with Crippen LogP contribution in [0.25, 0.3) is 0 Å². The maximum atomic E-state index is 11.5. The third kappa shape index (κ3) is 6.28. The molecule has 0 spiro atoms. The van der Waals surface area contributed by atoms with Crippen molar-refractivity contribution in [3.63, 3.8) is 0 Å². The van der Waals surface area contributed by atoms with Crippen LogP contribution in [0.2, 0.25) is 0 Å². The molecule has 21 heavy (non-hydrogen) atoms. The first-order valence-corrected chi connectivity index (χ1v) is 7.36. The van der Waals surface area contributed by atoms with Gasteiger partial charge in [0.25, 0.3) is 0 Å². The number of benzene rings is 1. The van der Waals surface area contributed by atoms with Crippen LogP contribution in [-0.4, -0.2) is 25.1 Å². The number of hydrogen-bond donors (Lipinski definition) is 2. The Labute approximate surface area is 125 Å². The van der Waals surface area contributed by atoms with E-state index in [-0.39, 0.29) is 12.5 Å². The Morgan fingerprint density at radius 2 is 2.29 bits per heavy atom. The predicted octanol–water partition coefficient (Wildman–Crippen LogP) is 1.74. The lowest BCUT2D eigenvalue weighted by molar-refractivity contribution is -0.121. The van der Waals surface area contributed by atoms with Gasteiger partial charge >= 0.3 is 0 Å². The van der Waals surface area contributed by atoms with Crippen LogP contribution >= 0.6 is 0 Å². The van der Waals surface area contributed by atoms with Gasteiger partial charge in [-0.2, -0.15) is 5.26 Å². The number of nitriles is 1. The number of rotatable bonds is 9. The van der Waals surface area contributed by atoms with E-state index in [9.17, 15) is 4.79 Å². The zero-order valence-electron chi connectivity index (χ0n) is 12.1. The minimum atomic E-state index is 0.0625. The number of hydrogen-bond acceptors (Lipinski definition) is 4. The molecule has 1 saturated carbocycles. The molecule has 1 aromatic carbocycles. The van der Waals surface area contributed by atoms with E-state index in [0.717, 1.165) is 37.9 Å². The van der Waals surface area contributed by atoms with Crippen molar-refractivity contribution in [2.45, 2.75) is 38.3 Å². The van der Waals surface area contributed by atoms with Crippen LogP contribution in [0.1, 0.15) is 31.2 Å². The predicted molar refractivity (Wildman–Crippen MR) is 79.7 cm³/mol. The summed E-state index contributed by atoms with van der Waals surface area (Å²) in [4.78, 5) is 11.5. The second kappa shape index (κ2) is 8.28. The number of carbonyl (C=O) groups is 1. The van der Waals surface area contributed by atoms with Crippen molar-refractivity contribution >= 4 is 5.91 Å². The Bertz CT molecular complexity index is 506. The minimum Gasteiger partial charge on any atom is -0.479 e. The van der Waals surface area contributed by atoms with E-state index in [1.165, 1.54) is 0 Å². The first-order valence-electron chi connectivity index (χ1n) is 7.36. The molecule has 5 heteroatoms. The second-order valence-electron chi connectivity index (χ2n) is 5.22. The van der Waals surface area contributed by atoms with Crippen molar-refractivity contribution in [3.8, 4) is 11.8 Å². The van der Waals surface area contributed by atoms with Crippen LogP contribution < -0.4 is 15.4 Å². The van der Waals surface area contributed by atoms with Gasteiger partial charge in [-0.1, -0.05) is 12.1 Å². The van der Waals surface area contributed by atoms with Crippen LogP contribution in [0.5, 0.6) is 5.75 Å². The molecule has 0 aliphatic heterocycles. The molecule has 0 unspecified atom stereocenters. The Morgan fingerprint density at radius 1 is 1.43 bits per heavy atom. The molecular weight excluding hydrogens is 266 g/mol. The van der Waals surface area contributed by atoms with E-state index >= 15 is 0 Å². The van der Waals surface area contributed by atoms with Crippen molar-refractivity contribution in [3.05, 3.63) is 29.8 Å². The van der Waals surface area contributed by atoms with Crippen LogP contribution in [0.4, 0.5) is 0 Å². The molecule has 0 aromatic heterocycles. The number of amides is 1. The molecule has 1 amide bonds. The fraction of sp³-hybridized carbons (Fsp3) is 0.500. The van der Waals surface area contributed by atoms with Crippen molar-refractivity contribution in [2.75, 3.05) is 13.2 Å². The van der Waals surface area contributed by atoms with E-state index in [2.05, 4.69) is 10.6 Å². The lowest BCUT2D eigenvalue weighted by Gasteiger charge is -2.07. The van der Waals surface area contributed by atoms with Crippen LogP contribution in [0.15, 0.2) is 24.3 Å². The first-order chi connectivity index (χ1) is 10.3. The normalized spacial score (nSPS) is 13.5. The van der Waals surface area contributed by atoms with E-state index < -0.39 is 0 Å². The molecular formula is C16H21N3O2. The third-order valence-corrected chi connectivity index (χ3v) is 3.23. The molecule has 0 bridgehead atoms. The summed E-state index contributed by atoms with van der Waals surface area (Å²) in [6.45, 7) is 1.60. The highest BCUT2D eigenvalue weighted by atomic mass is 16.5. The summed E-state index contributed by atoms with van der Waals surface area (Å²) in [5.74, 6) is 0.867. The van der Waals surface area contributed by atoms with Gasteiger partial charge in [0.1, 0.15) is 11.8 Å². The Morgan fingerprint density at radius 3 is 3.05 bits per heavy atom. The van der Waals surface area contributed by atoms with Crippen molar-refractivity contribution in [1.29, 1.82) is 5.26 Å². The van der Waals surface area contributed by atoms with Gasteiger partial charge in [0.15, 0.2) is 6.61 Å². The number of nitrogens with zero attached hydrogens (tertiary/aromatic N) is 1. The molecule has 1 aliphatic carbocycles. The third-order valence-electron chi connectivity index (χ3n) is 3.23. The van der Waals surface area contributed by atoms with Gasteiger partial charge in [-0.05, 0) is 43.5 Å². The molecule has 112 valence electrons. The summed E-state index contributed by atoms with van der Waals surface area (Å²) in [7, 11) is 0. The Kier molecular flexibility index (Phi) is 6.04. The summed E-state index contributed by atoms with van der Waals surface area (Å²) < 4.78 is 5.26. The molecule has 1 aromatic rings. The summed E-state index contributed by atoms with van der Waals surface area (Å²) in [6.07, 6.45) is 3.68. The monoisotopic (exact) mass is 287 g/mol. The summed E-state index contributed by atoms with van der Waals surface area (Å²) >= 11 is 0. The van der Waals surface area contributed by atoms with Crippen LogP contribution in [0.3, 0.4) is 0 Å². The molecule has 0 radical (unpaired) electrons. The largest absolute Gasteiger partial charge is 0.479 e. The van der Waals surface area contributed by atoms with Gasteiger partial charge in [-0.3, -0.25) is 4.79 Å². The fourth-order valence-electron chi connectivity index (χ4n) is 2.00. The van der Waals surface area contributed by atoms with Gasteiger partial charge in [0.2, 0.25) is 5.91 Å². The summed E-state index contributed by atoms with van der Waals surface area (Å²) in [5, 5.41) is 14.8. The SMILES string of the molecule is N#CCOc1cccc(CNCCCC(=O)NC2CC2)c1. The summed E-state index contributed by atoms with van der Waals surface area (Å²) in [5.41, 5.74) is 1.10. The standard InChI is InChI=1S/C16H21N3O2/c17-8-10-21-15-4-1-3-13(11-15)12-18-9-2-5-16(20)19-14-6-7-14/h1,3-4,11,14,18H,2,5-7,9-10,12H2,(H,19,20). The molecule has 2 N–H and O–H groups in total. The molecule has 1 fully saturated rings. The minimum absolute atomic E-state index is 0.0625. The second-order valence-corrected chi connectivity index (χ2v) is 5.22. The van der Waals surface area contributed by atoms with Crippen LogP contribution in [-0.2, 0) is 11.3 Å². The van der Waals surface area contributed by atoms with Gasteiger partial charge in [0, 0.05) is 19.0 Å². The molecule has 1 aliphatic rings. The van der Waals surface area contributed by atoms with Gasteiger partial charge in [-0.25, -0.2) is 0 Å². The van der Waals surface area contributed by atoms with E-state index in [1.54, 1.807) is 0 Å². The van der Waals surface area contributed by atoms with E-state index in [0.29, 0.717) is 18.2 Å². The first kappa shape index (κ1) is 15.3. The fourth-order valence-corrected chi connectivity index (χ4v) is 2.00. The number of ether oxygens (including phenoxy) is 1. The number of carbonyl (C=O) groups excluding carboxylic acids is 1. The molecule has 0 saturated heterocycles. The highest BCUT2D eigenvalue weighted by Crippen LogP contribution is 2.18. The lowest BCUT2D eigenvalue weighted by atomic mass is 10.2. The van der Waals surface area contributed by atoms with Crippen molar-refractivity contribution < 1.29 is 9.53 Å². The zero-order valence-corrected chi connectivity index (χ0v) is 12.1. The molecule has 2 rings (SSSR count). The van der Waals surface area contributed by atoms with Gasteiger partial charge in [-0.15, -0.1) is 0 Å². The Hall–Kier alpha value is -2.06. The number of nitrogens with one attached hydrogen (secondary N) is 2. The average Bonchev–Trinajstić information content (AvgIpc) is 3.29. The maximum absolute atomic E-state index is 11.5. The molecule has 0 atom stereocenters. The zero-order chi connectivity index (χ0) is 14.9. The highest BCUT2D eigenvalue weighted by Gasteiger charge is 2.22. The van der Waals surface area contributed by atoms with Crippen LogP contribution in [0, 0.1) is 11.3 Å². The molecule has 5 nitrogen and oxygen atoms in total. The average molecular weight is 287 g/mol. The van der Waals surface area contributed by atoms with Gasteiger partial charge in [0.05, 0.1) is 0 Å². The quantitative estimate of drug-likeness (QED) is 0.678.